The third-order valence-electron chi connectivity index (χ3n) is 4.22. The van der Waals surface area contributed by atoms with Crippen molar-refractivity contribution in [1.82, 2.24) is 20.9 Å². The summed E-state index contributed by atoms with van der Waals surface area (Å²) in [4.78, 5) is 33.2. The minimum absolute atomic E-state index is 0. The summed E-state index contributed by atoms with van der Waals surface area (Å²) in [5.74, 6) is 0.391. The number of hydrogen-bond acceptors (Lipinski definition) is 7. The molecule has 0 bridgehead atoms. The van der Waals surface area contributed by atoms with Crippen LogP contribution in [0.5, 0.6) is 0 Å². The van der Waals surface area contributed by atoms with Crippen molar-refractivity contribution in [3.8, 4) is 0 Å². The molecule has 0 aliphatic carbocycles. The molecule has 11 heteroatoms. The number of aliphatic imine (C=N–C) groups is 1. The Hall–Kier alpha value is -2.15. The molecule has 2 heterocycles. The van der Waals surface area contributed by atoms with Crippen LogP contribution in [0.15, 0.2) is 21.7 Å². The van der Waals surface area contributed by atoms with Crippen LogP contribution in [0.3, 0.4) is 0 Å². The third-order valence-corrected chi connectivity index (χ3v) is 5.54. The molecule has 1 atom stereocenters. The lowest BCUT2D eigenvalue weighted by Crippen LogP contribution is -2.40. The zero-order valence-electron chi connectivity index (χ0n) is 18.4. The van der Waals surface area contributed by atoms with Crippen LogP contribution < -0.4 is 16.0 Å². The number of hydrogen-bond donors (Lipinski definition) is 3. The summed E-state index contributed by atoms with van der Waals surface area (Å²) in [6.45, 7) is 8.81. The number of aromatic nitrogens is 1. The lowest BCUT2D eigenvalue weighted by atomic mass is 10.2. The Morgan fingerprint density at radius 1 is 1.29 bits per heavy atom. The van der Waals surface area contributed by atoms with Crippen LogP contribution in [0.25, 0.3) is 0 Å². The first kappa shape index (κ1) is 26.9. The second-order valence-electron chi connectivity index (χ2n) is 6.59. The molecule has 1 amide bonds. The molecule has 0 aliphatic heterocycles. The van der Waals surface area contributed by atoms with Gasteiger partial charge in [-0.05, 0) is 40.2 Å². The topological polar surface area (TPSA) is 118 Å². The first-order valence-electron chi connectivity index (χ1n) is 9.81. The van der Waals surface area contributed by atoms with Crippen LogP contribution in [0.2, 0.25) is 0 Å². The maximum Gasteiger partial charge on any atom is 0.350 e. The van der Waals surface area contributed by atoms with Gasteiger partial charge in [-0.15, -0.1) is 35.3 Å². The summed E-state index contributed by atoms with van der Waals surface area (Å²) >= 11 is 1.32. The average molecular weight is 563 g/mol. The number of nitrogens with one attached hydrogen (secondary N) is 3. The van der Waals surface area contributed by atoms with E-state index in [1.54, 1.807) is 27.0 Å². The molecule has 172 valence electrons. The smallest absolute Gasteiger partial charge is 0.350 e. The van der Waals surface area contributed by atoms with E-state index in [4.69, 9.17) is 9.15 Å². The first-order chi connectivity index (χ1) is 14.4. The minimum atomic E-state index is -0.347. The van der Waals surface area contributed by atoms with E-state index < -0.39 is 0 Å². The van der Waals surface area contributed by atoms with Crippen molar-refractivity contribution in [3.05, 3.63) is 39.2 Å². The first-order valence-corrected chi connectivity index (χ1v) is 10.6. The Bertz CT molecular complexity index is 896. The molecule has 3 N–H and O–H groups in total. The van der Waals surface area contributed by atoms with Crippen molar-refractivity contribution in [3.63, 3.8) is 0 Å². The molecule has 2 rings (SSSR count). The molecule has 31 heavy (non-hydrogen) atoms. The Kier molecular flexibility index (Phi) is 11.5. The van der Waals surface area contributed by atoms with Gasteiger partial charge in [0.15, 0.2) is 11.7 Å². The van der Waals surface area contributed by atoms with Gasteiger partial charge in [0.05, 0.1) is 24.6 Å². The van der Waals surface area contributed by atoms with E-state index in [2.05, 4.69) is 25.9 Å². The molecule has 0 radical (unpaired) electrons. The quantitative estimate of drug-likeness (QED) is 0.141. The van der Waals surface area contributed by atoms with Gasteiger partial charge >= 0.3 is 5.97 Å². The van der Waals surface area contributed by atoms with Crippen molar-refractivity contribution >= 4 is 53.1 Å². The van der Waals surface area contributed by atoms with Crippen molar-refractivity contribution in [2.45, 2.75) is 40.2 Å². The standard InChI is InChI=1S/C20H29N5O4S.HI/c1-6-28-19(27)16-13(3)24-18(30-16)14(4)25-20(21-5)23-10-7-9-22-17(26)15-12(2)8-11-29-15;/h8,11,14H,6-7,9-10H2,1-5H3,(H,22,26)(H2,21,23,25);1H. The van der Waals surface area contributed by atoms with E-state index in [1.165, 1.54) is 17.6 Å². The molecule has 0 aromatic carbocycles. The van der Waals surface area contributed by atoms with Gasteiger partial charge in [-0.3, -0.25) is 9.79 Å². The molecule has 2 aromatic heterocycles. The molecule has 0 saturated heterocycles. The summed E-state index contributed by atoms with van der Waals surface area (Å²) < 4.78 is 10.2. The fraction of sp³-hybridized carbons (Fsp3) is 0.500. The van der Waals surface area contributed by atoms with Crippen LogP contribution in [0.1, 0.15) is 62.8 Å². The van der Waals surface area contributed by atoms with Gasteiger partial charge in [0.25, 0.3) is 5.91 Å². The van der Waals surface area contributed by atoms with Crippen molar-refractivity contribution in [2.75, 3.05) is 26.7 Å². The van der Waals surface area contributed by atoms with Crippen molar-refractivity contribution < 1.29 is 18.7 Å². The summed E-state index contributed by atoms with van der Waals surface area (Å²) in [5, 5.41) is 10.1. The molecule has 2 aromatic rings. The Balaban J connectivity index is 0.00000480. The Morgan fingerprint density at radius 2 is 2.00 bits per heavy atom. The number of ether oxygens (including phenoxy) is 1. The van der Waals surface area contributed by atoms with Crippen LogP contribution in [0, 0.1) is 13.8 Å². The minimum Gasteiger partial charge on any atom is -0.462 e. The fourth-order valence-corrected chi connectivity index (χ4v) is 3.60. The van der Waals surface area contributed by atoms with E-state index in [-0.39, 0.29) is 41.9 Å². The van der Waals surface area contributed by atoms with E-state index in [0.717, 1.165) is 10.6 Å². The van der Waals surface area contributed by atoms with Gasteiger partial charge in [0.1, 0.15) is 9.88 Å². The zero-order valence-corrected chi connectivity index (χ0v) is 21.6. The molecular weight excluding hydrogens is 533 g/mol. The maximum absolute atomic E-state index is 12.0. The maximum atomic E-state index is 12.0. The number of rotatable bonds is 9. The number of aryl methyl sites for hydroxylation is 2. The summed E-state index contributed by atoms with van der Waals surface area (Å²) in [7, 11) is 1.68. The van der Waals surface area contributed by atoms with Crippen LogP contribution in [0.4, 0.5) is 0 Å². The number of carbonyl (C=O) groups is 2. The SMILES string of the molecule is CCOC(=O)c1sc(C(C)NC(=NC)NCCCNC(=O)c2occc2C)nc1C.I. The fourth-order valence-electron chi connectivity index (χ4n) is 2.63. The number of furan rings is 1. The number of halogens is 1. The lowest BCUT2D eigenvalue weighted by Gasteiger charge is -2.16. The molecule has 0 aliphatic rings. The van der Waals surface area contributed by atoms with Crippen LogP contribution >= 0.6 is 35.3 Å². The highest BCUT2D eigenvalue weighted by Gasteiger charge is 2.20. The molecule has 0 saturated carbocycles. The summed E-state index contributed by atoms with van der Waals surface area (Å²) in [6, 6.07) is 1.62. The van der Waals surface area contributed by atoms with Gasteiger partial charge in [0, 0.05) is 25.7 Å². The van der Waals surface area contributed by atoms with Gasteiger partial charge in [0.2, 0.25) is 0 Å². The summed E-state index contributed by atoms with van der Waals surface area (Å²) in [5.41, 5.74) is 1.47. The zero-order chi connectivity index (χ0) is 22.1. The molecule has 9 nitrogen and oxygen atoms in total. The van der Waals surface area contributed by atoms with Gasteiger partial charge in [-0.2, -0.15) is 0 Å². The number of thiazole rings is 1. The number of amides is 1. The molecular formula is C20H30IN5O4S. The number of esters is 1. The lowest BCUT2D eigenvalue weighted by molar-refractivity contribution is 0.0531. The van der Waals surface area contributed by atoms with Crippen LogP contribution in [-0.4, -0.2) is 49.6 Å². The highest BCUT2D eigenvalue weighted by Crippen LogP contribution is 2.24. The normalized spacial score (nSPS) is 12.0. The van der Waals surface area contributed by atoms with E-state index in [9.17, 15) is 9.59 Å². The van der Waals surface area contributed by atoms with Gasteiger partial charge in [-0.1, -0.05) is 0 Å². The highest BCUT2D eigenvalue weighted by atomic mass is 127. The number of carbonyl (C=O) groups excluding carboxylic acids is 2. The predicted octanol–water partition coefficient (Wildman–Crippen LogP) is 3.19. The van der Waals surface area contributed by atoms with Crippen LogP contribution in [-0.2, 0) is 4.74 Å². The predicted molar refractivity (Wildman–Crippen MR) is 132 cm³/mol. The van der Waals surface area contributed by atoms with Crippen molar-refractivity contribution in [1.29, 1.82) is 0 Å². The van der Waals surface area contributed by atoms with Gasteiger partial charge < -0.3 is 25.1 Å². The second-order valence-corrected chi connectivity index (χ2v) is 7.62. The molecule has 0 spiro atoms. The largest absolute Gasteiger partial charge is 0.462 e. The summed E-state index contributed by atoms with van der Waals surface area (Å²) in [6.07, 6.45) is 2.21. The van der Waals surface area contributed by atoms with E-state index >= 15 is 0 Å². The van der Waals surface area contributed by atoms with Gasteiger partial charge in [-0.25, -0.2) is 9.78 Å². The Morgan fingerprint density at radius 3 is 2.61 bits per heavy atom. The average Bonchev–Trinajstić information content (AvgIpc) is 3.32. The van der Waals surface area contributed by atoms with E-state index in [1.807, 2.05) is 13.8 Å². The monoisotopic (exact) mass is 563 g/mol. The second kappa shape index (κ2) is 13.3. The molecule has 1 unspecified atom stereocenters. The highest BCUT2D eigenvalue weighted by molar-refractivity contribution is 14.0. The number of nitrogens with zero attached hydrogens (tertiary/aromatic N) is 2. The Labute approximate surface area is 203 Å². The van der Waals surface area contributed by atoms with E-state index in [0.29, 0.717) is 48.4 Å². The van der Waals surface area contributed by atoms with Crippen molar-refractivity contribution in [2.24, 2.45) is 4.99 Å². The third kappa shape index (κ3) is 7.80. The number of guanidine groups is 1. The molecule has 0 fully saturated rings.